The molecule has 1 fully saturated rings. The molecule has 3 aromatic rings. The maximum Gasteiger partial charge on any atom is 0.257 e. The Balaban J connectivity index is 1.43. The molecule has 0 spiro atoms. The van der Waals surface area contributed by atoms with Crippen LogP contribution in [0.3, 0.4) is 0 Å². The maximum atomic E-state index is 13.2. The van der Waals surface area contributed by atoms with Crippen molar-refractivity contribution in [2.24, 2.45) is 0 Å². The molecule has 0 saturated carbocycles. The summed E-state index contributed by atoms with van der Waals surface area (Å²) in [4.78, 5) is 21.8. The topological polar surface area (TPSA) is 63.5 Å². The Labute approximate surface area is 187 Å². The van der Waals surface area contributed by atoms with E-state index in [0.717, 1.165) is 42.5 Å². The van der Waals surface area contributed by atoms with Crippen molar-refractivity contribution in [3.05, 3.63) is 70.6 Å². The molecule has 8 heteroatoms. The van der Waals surface area contributed by atoms with Crippen LogP contribution in [0, 0.1) is 0 Å². The number of benzene rings is 1. The van der Waals surface area contributed by atoms with E-state index in [-0.39, 0.29) is 5.91 Å². The zero-order valence-corrected chi connectivity index (χ0v) is 18.5. The third-order valence-corrected chi connectivity index (χ3v) is 5.83. The number of halogens is 1. The van der Waals surface area contributed by atoms with Crippen molar-refractivity contribution in [3.8, 4) is 11.6 Å². The van der Waals surface area contributed by atoms with Gasteiger partial charge in [0.25, 0.3) is 5.91 Å². The Hall–Kier alpha value is -2.90. The van der Waals surface area contributed by atoms with Gasteiger partial charge in [-0.05, 0) is 36.8 Å². The van der Waals surface area contributed by atoms with Gasteiger partial charge in [0.05, 0.1) is 24.6 Å². The summed E-state index contributed by atoms with van der Waals surface area (Å²) in [5.41, 5.74) is 2.59. The predicted octanol–water partition coefficient (Wildman–Crippen LogP) is 3.45. The minimum atomic E-state index is 0.0269. The summed E-state index contributed by atoms with van der Waals surface area (Å²) in [6.45, 7) is 5.68. The largest absolute Gasteiger partial charge is 0.496 e. The lowest BCUT2D eigenvalue weighted by atomic mass is 10.1. The number of hydrogen-bond acceptors (Lipinski definition) is 5. The maximum absolute atomic E-state index is 13.2. The number of carbonyl (C=O) groups excluding carboxylic acids is 1. The van der Waals surface area contributed by atoms with E-state index in [1.165, 1.54) is 0 Å². The smallest absolute Gasteiger partial charge is 0.257 e. The zero-order valence-electron chi connectivity index (χ0n) is 17.8. The van der Waals surface area contributed by atoms with Crippen LogP contribution < -0.4 is 4.74 Å². The highest BCUT2D eigenvalue weighted by atomic mass is 35.5. The second kappa shape index (κ2) is 9.49. The molecule has 0 radical (unpaired) electrons. The van der Waals surface area contributed by atoms with Crippen LogP contribution in [0.15, 0.2) is 48.8 Å². The molecule has 0 aliphatic carbocycles. The molecule has 162 valence electrons. The SMILES string of the molecule is CCc1c(C(=O)N2CCN(Cc3cc(Cl)ccc3OC)CC2)cnn1-c1ccccn1. The van der Waals surface area contributed by atoms with Gasteiger partial charge in [-0.15, -0.1) is 0 Å². The summed E-state index contributed by atoms with van der Waals surface area (Å²) in [6, 6.07) is 11.3. The van der Waals surface area contributed by atoms with Gasteiger partial charge < -0.3 is 9.64 Å². The summed E-state index contributed by atoms with van der Waals surface area (Å²) in [5.74, 6) is 1.58. The molecular formula is C23H26ClN5O2. The molecular weight excluding hydrogens is 414 g/mol. The zero-order chi connectivity index (χ0) is 21.8. The Morgan fingerprint density at radius 1 is 1.16 bits per heavy atom. The van der Waals surface area contributed by atoms with Crippen LogP contribution in [-0.2, 0) is 13.0 Å². The van der Waals surface area contributed by atoms with Gasteiger partial charge in [-0.3, -0.25) is 9.69 Å². The number of amides is 1. The summed E-state index contributed by atoms with van der Waals surface area (Å²) in [6.07, 6.45) is 4.09. The van der Waals surface area contributed by atoms with Gasteiger partial charge in [0, 0.05) is 49.5 Å². The lowest BCUT2D eigenvalue weighted by molar-refractivity contribution is 0.0626. The molecule has 7 nitrogen and oxygen atoms in total. The van der Waals surface area contributed by atoms with E-state index < -0.39 is 0 Å². The molecule has 3 heterocycles. The fourth-order valence-corrected chi connectivity index (χ4v) is 4.15. The Morgan fingerprint density at radius 3 is 2.65 bits per heavy atom. The summed E-state index contributed by atoms with van der Waals surface area (Å²) in [7, 11) is 1.67. The van der Waals surface area contributed by atoms with Gasteiger partial charge >= 0.3 is 0 Å². The minimum Gasteiger partial charge on any atom is -0.496 e. The number of aromatic nitrogens is 3. The van der Waals surface area contributed by atoms with Crippen LogP contribution in [0.25, 0.3) is 5.82 Å². The van der Waals surface area contributed by atoms with Gasteiger partial charge in [-0.2, -0.15) is 5.10 Å². The molecule has 0 bridgehead atoms. The first kappa shape index (κ1) is 21.3. The highest BCUT2D eigenvalue weighted by Crippen LogP contribution is 2.25. The molecule has 2 aromatic heterocycles. The van der Waals surface area contributed by atoms with Crippen LogP contribution in [0.5, 0.6) is 5.75 Å². The average Bonchev–Trinajstić information content (AvgIpc) is 3.24. The highest BCUT2D eigenvalue weighted by molar-refractivity contribution is 6.30. The van der Waals surface area contributed by atoms with Crippen molar-refractivity contribution >= 4 is 17.5 Å². The van der Waals surface area contributed by atoms with Crippen molar-refractivity contribution in [1.82, 2.24) is 24.6 Å². The van der Waals surface area contributed by atoms with Crippen molar-refractivity contribution in [3.63, 3.8) is 0 Å². The number of pyridine rings is 1. The van der Waals surface area contributed by atoms with Crippen molar-refractivity contribution < 1.29 is 9.53 Å². The van der Waals surface area contributed by atoms with Crippen molar-refractivity contribution in [2.45, 2.75) is 19.9 Å². The summed E-state index contributed by atoms with van der Waals surface area (Å²) < 4.78 is 7.22. The van der Waals surface area contributed by atoms with Gasteiger partial charge in [0.2, 0.25) is 0 Å². The third kappa shape index (κ3) is 4.57. The first-order chi connectivity index (χ1) is 15.1. The van der Waals surface area contributed by atoms with E-state index in [2.05, 4.69) is 15.0 Å². The molecule has 4 rings (SSSR count). The molecule has 0 unspecified atom stereocenters. The van der Waals surface area contributed by atoms with Crippen LogP contribution in [0.4, 0.5) is 0 Å². The van der Waals surface area contributed by atoms with Crippen molar-refractivity contribution in [2.75, 3.05) is 33.3 Å². The van der Waals surface area contributed by atoms with Gasteiger partial charge in [-0.25, -0.2) is 9.67 Å². The quantitative estimate of drug-likeness (QED) is 0.588. The molecule has 0 N–H and O–H groups in total. The number of nitrogens with zero attached hydrogens (tertiary/aromatic N) is 5. The van der Waals surface area contributed by atoms with E-state index in [9.17, 15) is 4.79 Å². The van der Waals surface area contributed by atoms with E-state index in [4.69, 9.17) is 16.3 Å². The monoisotopic (exact) mass is 439 g/mol. The molecule has 31 heavy (non-hydrogen) atoms. The van der Waals surface area contributed by atoms with E-state index >= 15 is 0 Å². The molecule has 1 aliphatic heterocycles. The first-order valence-corrected chi connectivity index (χ1v) is 10.8. The summed E-state index contributed by atoms with van der Waals surface area (Å²) >= 11 is 6.16. The Bertz CT molecular complexity index is 1050. The highest BCUT2D eigenvalue weighted by Gasteiger charge is 2.26. The molecule has 0 atom stereocenters. The van der Waals surface area contributed by atoms with E-state index in [1.807, 2.05) is 48.2 Å². The average molecular weight is 440 g/mol. The Morgan fingerprint density at radius 2 is 1.97 bits per heavy atom. The lowest BCUT2D eigenvalue weighted by Gasteiger charge is -2.35. The fraction of sp³-hybridized carbons (Fsp3) is 0.348. The third-order valence-electron chi connectivity index (χ3n) is 5.60. The van der Waals surface area contributed by atoms with E-state index in [0.29, 0.717) is 30.1 Å². The fourth-order valence-electron chi connectivity index (χ4n) is 3.96. The number of carbonyl (C=O) groups is 1. The van der Waals surface area contributed by atoms with E-state index in [1.54, 1.807) is 24.2 Å². The number of ether oxygens (including phenoxy) is 1. The number of hydrogen-bond donors (Lipinski definition) is 0. The predicted molar refractivity (Wildman–Crippen MR) is 120 cm³/mol. The lowest BCUT2D eigenvalue weighted by Crippen LogP contribution is -2.48. The van der Waals surface area contributed by atoms with Gasteiger partial charge in [0.1, 0.15) is 5.75 Å². The second-order valence-electron chi connectivity index (χ2n) is 7.48. The number of rotatable bonds is 6. The van der Waals surface area contributed by atoms with Gasteiger partial charge in [-0.1, -0.05) is 24.6 Å². The number of piperazine rings is 1. The molecule has 1 saturated heterocycles. The minimum absolute atomic E-state index is 0.0269. The second-order valence-corrected chi connectivity index (χ2v) is 7.92. The number of methoxy groups -OCH3 is 1. The van der Waals surface area contributed by atoms with Crippen LogP contribution in [0.1, 0.15) is 28.5 Å². The van der Waals surface area contributed by atoms with Gasteiger partial charge in [0.15, 0.2) is 5.82 Å². The molecule has 1 aliphatic rings. The van der Waals surface area contributed by atoms with Crippen LogP contribution >= 0.6 is 11.6 Å². The summed E-state index contributed by atoms with van der Waals surface area (Å²) in [5, 5.41) is 5.14. The van der Waals surface area contributed by atoms with Crippen LogP contribution in [0.2, 0.25) is 5.02 Å². The van der Waals surface area contributed by atoms with Crippen LogP contribution in [-0.4, -0.2) is 63.8 Å². The first-order valence-electron chi connectivity index (χ1n) is 10.4. The molecule has 1 aromatic carbocycles. The normalized spacial score (nSPS) is 14.6. The Kier molecular flexibility index (Phi) is 6.53. The standard InChI is InChI=1S/C23H26ClN5O2/c1-3-20-19(15-26-29(20)22-6-4-5-9-25-22)23(30)28-12-10-27(11-13-28)16-17-14-18(24)7-8-21(17)31-2/h4-9,14-15H,3,10-13,16H2,1-2H3. The molecule has 1 amide bonds. The van der Waals surface area contributed by atoms with Crippen molar-refractivity contribution in [1.29, 1.82) is 0 Å².